The summed E-state index contributed by atoms with van der Waals surface area (Å²) in [4.78, 5) is 24.8. The Morgan fingerprint density at radius 3 is 2.40 bits per heavy atom. The smallest absolute Gasteiger partial charge is 0.312 e. The van der Waals surface area contributed by atoms with E-state index in [1.165, 1.54) is 19.3 Å². The zero-order valence-corrected chi connectivity index (χ0v) is 13.3. The number of rotatable bonds is 7. The Morgan fingerprint density at radius 1 is 1.20 bits per heavy atom. The van der Waals surface area contributed by atoms with Gasteiger partial charge in [0.15, 0.2) is 0 Å². The van der Waals surface area contributed by atoms with Gasteiger partial charge in [0.2, 0.25) is 0 Å². The van der Waals surface area contributed by atoms with Crippen LogP contribution in [0, 0.1) is 5.92 Å². The van der Waals surface area contributed by atoms with Gasteiger partial charge in [-0.1, -0.05) is 6.42 Å². The summed E-state index contributed by atoms with van der Waals surface area (Å²) in [5, 5.41) is 0. The molecule has 5 nitrogen and oxygen atoms in total. The van der Waals surface area contributed by atoms with Crippen molar-refractivity contribution in [1.82, 2.24) is 4.90 Å². The largest absolute Gasteiger partial charge is 0.466 e. The number of hydrogen-bond donors (Lipinski definition) is 0. The number of carbonyl (C=O) groups is 1. The van der Waals surface area contributed by atoms with Gasteiger partial charge in [-0.05, 0) is 53.6 Å². The minimum atomic E-state index is -0.371. The van der Waals surface area contributed by atoms with E-state index in [4.69, 9.17) is 14.5 Å². The van der Waals surface area contributed by atoms with Crippen LogP contribution >= 0.6 is 0 Å². The Balaban J connectivity index is 2.44. The molecule has 1 saturated heterocycles. The molecule has 0 aromatic carbocycles. The Labute approximate surface area is 122 Å². The van der Waals surface area contributed by atoms with Gasteiger partial charge in [0.1, 0.15) is 0 Å². The third kappa shape index (κ3) is 7.22. The van der Waals surface area contributed by atoms with E-state index in [2.05, 4.69) is 4.90 Å². The van der Waals surface area contributed by atoms with Gasteiger partial charge in [-0.2, -0.15) is 0 Å². The molecule has 0 radical (unpaired) electrons. The molecule has 1 unspecified atom stereocenters. The lowest BCUT2D eigenvalue weighted by atomic mass is 10.1. The first-order chi connectivity index (χ1) is 9.42. The molecule has 0 amide bonds. The third-order valence-electron chi connectivity index (χ3n) is 3.13. The molecule has 0 aromatic heterocycles. The van der Waals surface area contributed by atoms with Gasteiger partial charge in [0, 0.05) is 6.54 Å². The van der Waals surface area contributed by atoms with Crippen LogP contribution in [0.4, 0.5) is 0 Å². The van der Waals surface area contributed by atoms with Crippen LogP contribution in [0.25, 0.3) is 0 Å². The lowest BCUT2D eigenvalue weighted by Crippen LogP contribution is -2.39. The fourth-order valence-corrected chi connectivity index (χ4v) is 2.20. The zero-order chi connectivity index (χ0) is 15.0. The van der Waals surface area contributed by atoms with Gasteiger partial charge in [0.25, 0.3) is 0 Å². The Morgan fingerprint density at radius 2 is 1.85 bits per heavy atom. The molecule has 5 heteroatoms. The summed E-state index contributed by atoms with van der Waals surface area (Å²) in [7, 11) is 0. The summed E-state index contributed by atoms with van der Waals surface area (Å²) in [5.74, 6) is -0.481. The Kier molecular flexibility index (Phi) is 7.48. The maximum atomic E-state index is 12.0. The summed E-state index contributed by atoms with van der Waals surface area (Å²) < 4.78 is 5.13. The van der Waals surface area contributed by atoms with E-state index >= 15 is 0 Å². The van der Waals surface area contributed by atoms with Crippen molar-refractivity contribution >= 4 is 5.97 Å². The van der Waals surface area contributed by atoms with Crippen molar-refractivity contribution in [2.24, 2.45) is 5.92 Å². The molecule has 0 saturated carbocycles. The summed E-state index contributed by atoms with van der Waals surface area (Å²) in [6, 6.07) is 0. The average Bonchev–Trinajstić information content (AvgIpc) is 2.37. The molecule has 118 valence electrons. The average molecular weight is 287 g/mol. The minimum absolute atomic E-state index is 0.199. The first kappa shape index (κ1) is 17.4. The van der Waals surface area contributed by atoms with Crippen LogP contribution < -0.4 is 0 Å². The maximum absolute atomic E-state index is 12.0. The number of esters is 1. The van der Waals surface area contributed by atoms with Crippen LogP contribution in [0.1, 0.15) is 47.0 Å². The highest BCUT2D eigenvalue weighted by Gasteiger charge is 2.25. The monoisotopic (exact) mass is 287 g/mol. The van der Waals surface area contributed by atoms with Crippen molar-refractivity contribution in [3.05, 3.63) is 0 Å². The van der Waals surface area contributed by atoms with E-state index in [0.717, 1.165) is 13.1 Å². The summed E-state index contributed by atoms with van der Waals surface area (Å²) in [6.07, 6.45) is 3.69. The number of piperidine rings is 1. The van der Waals surface area contributed by atoms with E-state index in [1.807, 2.05) is 27.7 Å². The standard InChI is InChI=1S/C15H29NO4/c1-5-18-14(17)13(12-19-20-15(2,3)4)11-16-9-7-6-8-10-16/h13H,5-12H2,1-4H3. The minimum Gasteiger partial charge on any atom is -0.466 e. The summed E-state index contributed by atoms with van der Waals surface area (Å²) >= 11 is 0. The second-order valence-corrected chi connectivity index (χ2v) is 6.29. The highest BCUT2D eigenvalue weighted by atomic mass is 17.2. The molecule has 0 aromatic rings. The number of likely N-dealkylation sites (tertiary alicyclic amines) is 1. The fourth-order valence-electron chi connectivity index (χ4n) is 2.20. The molecule has 20 heavy (non-hydrogen) atoms. The van der Waals surface area contributed by atoms with Crippen molar-refractivity contribution in [3.63, 3.8) is 0 Å². The van der Waals surface area contributed by atoms with Crippen LogP contribution in [0.15, 0.2) is 0 Å². The van der Waals surface area contributed by atoms with Gasteiger partial charge in [0.05, 0.1) is 24.7 Å². The zero-order valence-electron chi connectivity index (χ0n) is 13.3. The number of nitrogens with zero attached hydrogens (tertiary/aromatic N) is 1. The number of hydrogen-bond acceptors (Lipinski definition) is 5. The second-order valence-electron chi connectivity index (χ2n) is 6.29. The highest BCUT2D eigenvalue weighted by Crippen LogP contribution is 2.14. The van der Waals surface area contributed by atoms with E-state index < -0.39 is 0 Å². The van der Waals surface area contributed by atoms with Crippen molar-refractivity contribution in [2.45, 2.75) is 52.6 Å². The normalized spacial score (nSPS) is 18.8. The molecule has 1 rings (SSSR count). The Hall–Kier alpha value is -0.650. The summed E-state index contributed by atoms with van der Waals surface area (Å²) in [5.41, 5.74) is -0.371. The van der Waals surface area contributed by atoms with E-state index in [9.17, 15) is 4.79 Å². The molecule has 1 heterocycles. The van der Waals surface area contributed by atoms with Crippen molar-refractivity contribution < 1.29 is 19.3 Å². The SMILES string of the molecule is CCOC(=O)C(COOC(C)(C)C)CN1CCCCC1. The fraction of sp³-hybridized carbons (Fsp3) is 0.933. The van der Waals surface area contributed by atoms with Crippen LogP contribution in [0.5, 0.6) is 0 Å². The molecule has 1 aliphatic rings. The number of carbonyl (C=O) groups excluding carboxylic acids is 1. The molecule has 1 aliphatic heterocycles. The molecule has 1 fully saturated rings. The predicted molar refractivity (Wildman–Crippen MR) is 77.2 cm³/mol. The molecule has 0 spiro atoms. The lowest BCUT2D eigenvalue weighted by Gasteiger charge is -2.29. The molecule has 0 N–H and O–H groups in total. The van der Waals surface area contributed by atoms with Crippen LogP contribution in [-0.2, 0) is 19.3 Å². The van der Waals surface area contributed by atoms with Crippen molar-refractivity contribution in [2.75, 3.05) is 32.8 Å². The van der Waals surface area contributed by atoms with E-state index in [-0.39, 0.29) is 24.1 Å². The van der Waals surface area contributed by atoms with E-state index in [0.29, 0.717) is 13.2 Å². The van der Waals surface area contributed by atoms with Crippen LogP contribution in [0.3, 0.4) is 0 Å². The van der Waals surface area contributed by atoms with E-state index in [1.54, 1.807) is 0 Å². The first-order valence-electron chi connectivity index (χ1n) is 7.62. The number of ether oxygens (including phenoxy) is 1. The van der Waals surface area contributed by atoms with Crippen LogP contribution in [0.2, 0.25) is 0 Å². The second kappa shape index (κ2) is 8.60. The van der Waals surface area contributed by atoms with Gasteiger partial charge in [-0.25, -0.2) is 9.78 Å². The third-order valence-corrected chi connectivity index (χ3v) is 3.13. The maximum Gasteiger partial charge on any atom is 0.312 e. The lowest BCUT2D eigenvalue weighted by molar-refractivity contribution is -0.353. The topological polar surface area (TPSA) is 48.0 Å². The van der Waals surface area contributed by atoms with Crippen molar-refractivity contribution in [3.8, 4) is 0 Å². The molecular formula is C15H29NO4. The molecule has 0 bridgehead atoms. The summed E-state index contributed by atoms with van der Waals surface area (Å²) in [6.45, 7) is 11.0. The predicted octanol–water partition coefficient (Wildman–Crippen LogP) is 2.40. The quantitative estimate of drug-likeness (QED) is 0.409. The van der Waals surface area contributed by atoms with Crippen molar-refractivity contribution in [1.29, 1.82) is 0 Å². The van der Waals surface area contributed by atoms with Gasteiger partial charge >= 0.3 is 5.97 Å². The first-order valence-corrected chi connectivity index (χ1v) is 7.62. The molecule has 1 atom stereocenters. The van der Waals surface area contributed by atoms with Gasteiger partial charge in [-0.15, -0.1) is 0 Å². The molecule has 0 aliphatic carbocycles. The van der Waals surface area contributed by atoms with Gasteiger partial charge < -0.3 is 9.64 Å². The van der Waals surface area contributed by atoms with Crippen LogP contribution in [-0.4, -0.2) is 49.3 Å². The highest BCUT2D eigenvalue weighted by molar-refractivity contribution is 5.72. The molecular weight excluding hydrogens is 258 g/mol. The van der Waals surface area contributed by atoms with Gasteiger partial charge in [-0.3, -0.25) is 4.79 Å². The Bertz CT molecular complexity index is 282.